The molecule has 0 aromatic heterocycles. The summed E-state index contributed by atoms with van der Waals surface area (Å²) in [5, 5.41) is 20.2. The average molecular weight is 414 g/mol. The second-order valence-corrected chi connectivity index (χ2v) is 6.38. The van der Waals surface area contributed by atoms with Gasteiger partial charge in [-0.1, -0.05) is 24.3 Å². The van der Waals surface area contributed by atoms with Gasteiger partial charge < -0.3 is 10.2 Å². The second-order valence-electron chi connectivity index (χ2n) is 6.38. The second kappa shape index (κ2) is 10.1. The molecule has 0 aliphatic heterocycles. The van der Waals surface area contributed by atoms with Crippen LogP contribution < -0.4 is 11.7 Å². The number of nitrogens with two attached hydrogens (primary N) is 2. The van der Waals surface area contributed by atoms with Crippen LogP contribution in [0, 0.1) is 0 Å². The number of hydrazine groups is 2. The van der Waals surface area contributed by atoms with Crippen LogP contribution >= 0.6 is 0 Å². The van der Waals surface area contributed by atoms with Crippen molar-refractivity contribution in [2.45, 2.75) is 25.7 Å². The third kappa shape index (κ3) is 5.40. The molecule has 4 amide bonds. The van der Waals surface area contributed by atoms with Gasteiger partial charge in [-0.05, 0) is 37.1 Å². The molecule has 0 radical (unpaired) electrons. The highest BCUT2D eigenvalue weighted by Crippen LogP contribution is 2.18. The van der Waals surface area contributed by atoms with E-state index in [9.17, 15) is 29.4 Å². The number of para-hydroxylation sites is 2. The lowest BCUT2D eigenvalue weighted by Crippen LogP contribution is -2.43. The number of aromatic hydroxyl groups is 2. The molecule has 0 fully saturated rings. The summed E-state index contributed by atoms with van der Waals surface area (Å²) >= 11 is 0. The molecule has 10 nitrogen and oxygen atoms in total. The Kier molecular flexibility index (Phi) is 7.62. The summed E-state index contributed by atoms with van der Waals surface area (Å²) in [4.78, 5) is 48.5. The van der Waals surface area contributed by atoms with Gasteiger partial charge in [-0.2, -0.15) is 0 Å². The Balaban J connectivity index is 1.81. The molecular weight excluding hydrogens is 392 g/mol. The fourth-order valence-corrected chi connectivity index (χ4v) is 2.59. The van der Waals surface area contributed by atoms with E-state index >= 15 is 0 Å². The summed E-state index contributed by atoms with van der Waals surface area (Å²) in [6.45, 7) is 0. The number of hydrogen-bond donors (Lipinski definition) is 4. The van der Waals surface area contributed by atoms with Crippen molar-refractivity contribution in [3.63, 3.8) is 0 Å². The zero-order chi connectivity index (χ0) is 22.3. The zero-order valence-corrected chi connectivity index (χ0v) is 16.0. The van der Waals surface area contributed by atoms with E-state index in [-0.39, 0.29) is 48.3 Å². The van der Waals surface area contributed by atoms with Crippen LogP contribution in [0.5, 0.6) is 11.5 Å². The Bertz CT molecular complexity index is 884. The number of phenolic OH excluding ortho intramolecular Hbond substituents is 2. The fourth-order valence-electron chi connectivity index (χ4n) is 2.59. The molecule has 0 bridgehead atoms. The summed E-state index contributed by atoms with van der Waals surface area (Å²) in [7, 11) is 0. The number of amides is 4. The predicted octanol–water partition coefficient (Wildman–Crippen LogP) is 1.04. The van der Waals surface area contributed by atoms with Gasteiger partial charge in [0, 0.05) is 12.8 Å². The van der Waals surface area contributed by atoms with E-state index in [1.54, 1.807) is 0 Å². The van der Waals surface area contributed by atoms with Crippen LogP contribution in [0.4, 0.5) is 0 Å². The monoisotopic (exact) mass is 414 g/mol. The third-order valence-electron chi connectivity index (χ3n) is 4.28. The lowest BCUT2D eigenvalue weighted by molar-refractivity contribution is -0.131. The molecule has 0 heterocycles. The van der Waals surface area contributed by atoms with Crippen LogP contribution in [0.25, 0.3) is 0 Å². The number of carbonyl (C=O) groups excluding carboxylic acids is 4. The van der Waals surface area contributed by atoms with Crippen molar-refractivity contribution in [3.05, 3.63) is 59.7 Å². The molecule has 10 heteroatoms. The number of nitrogens with zero attached hydrogens (tertiary/aromatic N) is 2. The van der Waals surface area contributed by atoms with E-state index in [1.165, 1.54) is 48.5 Å². The van der Waals surface area contributed by atoms with Gasteiger partial charge in [0.2, 0.25) is 11.8 Å². The van der Waals surface area contributed by atoms with E-state index in [0.717, 1.165) is 0 Å². The quantitative estimate of drug-likeness (QED) is 0.226. The van der Waals surface area contributed by atoms with E-state index < -0.39 is 23.6 Å². The minimum atomic E-state index is -0.851. The maximum absolute atomic E-state index is 12.2. The van der Waals surface area contributed by atoms with Crippen LogP contribution in [-0.4, -0.2) is 43.9 Å². The number of imide groups is 2. The van der Waals surface area contributed by atoms with Crippen LogP contribution in [0.3, 0.4) is 0 Å². The molecule has 6 N–H and O–H groups in total. The topological polar surface area (TPSA) is 167 Å². The fraction of sp³-hybridized carbons (Fsp3) is 0.200. The summed E-state index contributed by atoms with van der Waals surface area (Å²) in [6.07, 6.45) is 0.179. The SMILES string of the molecule is NN(C(=O)CCCCC(=O)N(N)C(=O)c1ccccc1O)C(=O)c1ccccc1O. The first-order valence-electron chi connectivity index (χ1n) is 9.04. The summed E-state index contributed by atoms with van der Waals surface area (Å²) in [5.74, 6) is 7.38. The van der Waals surface area contributed by atoms with Crippen molar-refractivity contribution in [1.29, 1.82) is 0 Å². The zero-order valence-electron chi connectivity index (χ0n) is 16.0. The number of hydrogen-bond acceptors (Lipinski definition) is 8. The molecule has 0 aliphatic carbocycles. The lowest BCUT2D eigenvalue weighted by Gasteiger charge is -2.16. The van der Waals surface area contributed by atoms with Crippen molar-refractivity contribution in [2.75, 3.05) is 0 Å². The predicted molar refractivity (Wildman–Crippen MR) is 105 cm³/mol. The lowest BCUT2D eigenvalue weighted by atomic mass is 10.1. The van der Waals surface area contributed by atoms with Gasteiger partial charge in [0.05, 0.1) is 11.1 Å². The van der Waals surface area contributed by atoms with Gasteiger partial charge in [0.25, 0.3) is 11.8 Å². The summed E-state index contributed by atoms with van der Waals surface area (Å²) in [6, 6.07) is 11.4. The van der Waals surface area contributed by atoms with Crippen molar-refractivity contribution in [3.8, 4) is 11.5 Å². The number of unbranched alkanes of at least 4 members (excludes halogenated alkanes) is 1. The van der Waals surface area contributed by atoms with Crippen molar-refractivity contribution >= 4 is 23.6 Å². The standard InChI is InChI=1S/C20H22N4O6/c21-23(19(29)13-7-1-3-9-15(13)25)17(27)11-5-6-12-18(28)24(22)20(30)14-8-2-4-10-16(14)26/h1-4,7-10,25-26H,5-6,11-12,21-22H2. The Morgan fingerprint density at radius 1 is 0.667 bits per heavy atom. The molecule has 0 saturated carbocycles. The number of carbonyl (C=O) groups is 4. The Morgan fingerprint density at radius 2 is 1.00 bits per heavy atom. The van der Waals surface area contributed by atoms with Gasteiger partial charge in [0.15, 0.2) is 0 Å². The largest absolute Gasteiger partial charge is 0.507 e. The van der Waals surface area contributed by atoms with Crippen molar-refractivity contribution < 1.29 is 29.4 Å². The van der Waals surface area contributed by atoms with Crippen LogP contribution in [-0.2, 0) is 9.59 Å². The highest BCUT2D eigenvalue weighted by molar-refractivity contribution is 6.06. The van der Waals surface area contributed by atoms with E-state index in [4.69, 9.17) is 11.7 Å². The minimum absolute atomic E-state index is 0.107. The molecule has 0 atom stereocenters. The van der Waals surface area contributed by atoms with Gasteiger partial charge in [-0.15, -0.1) is 0 Å². The molecule has 0 aliphatic rings. The molecule has 0 unspecified atom stereocenters. The first-order chi connectivity index (χ1) is 14.2. The molecule has 30 heavy (non-hydrogen) atoms. The molecule has 2 rings (SSSR count). The highest BCUT2D eigenvalue weighted by atomic mass is 16.3. The third-order valence-corrected chi connectivity index (χ3v) is 4.28. The van der Waals surface area contributed by atoms with Crippen LogP contribution in [0.1, 0.15) is 46.4 Å². The van der Waals surface area contributed by atoms with Gasteiger partial charge in [-0.25, -0.2) is 21.7 Å². The maximum Gasteiger partial charge on any atom is 0.278 e. The van der Waals surface area contributed by atoms with Gasteiger partial charge >= 0.3 is 0 Å². The maximum atomic E-state index is 12.2. The molecule has 158 valence electrons. The Labute approximate surface area is 172 Å². The average Bonchev–Trinajstić information content (AvgIpc) is 2.75. The van der Waals surface area contributed by atoms with Gasteiger partial charge in [-0.3, -0.25) is 19.2 Å². The van der Waals surface area contributed by atoms with E-state index in [0.29, 0.717) is 10.0 Å². The highest BCUT2D eigenvalue weighted by Gasteiger charge is 2.23. The number of phenols is 2. The molecule has 0 spiro atoms. The molecule has 2 aromatic rings. The van der Waals surface area contributed by atoms with E-state index in [1.807, 2.05) is 0 Å². The Morgan fingerprint density at radius 3 is 1.33 bits per heavy atom. The van der Waals surface area contributed by atoms with Crippen LogP contribution in [0.2, 0.25) is 0 Å². The normalized spacial score (nSPS) is 10.3. The minimum Gasteiger partial charge on any atom is -0.507 e. The van der Waals surface area contributed by atoms with E-state index in [2.05, 4.69) is 0 Å². The smallest absolute Gasteiger partial charge is 0.278 e. The first-order valence-corrected chi connectivity index (χ1v) is 9.04. The van der Waals surface area contributed by atoms with Crippen molar-refractivity contribution in [2.24, 2.45) is 11.7 Å². The van der Waals surface area contributed by atoms with Gasteiger partial charge in [0.1, 0.15) is 11.5 Å². The van der Waals surface area contributed by atoms with Crippen molar-refractivity contribution in [1.82, 2.24) is 10.0 Å². The summed E-state index contributed by atoms with van der Waals surface area (Å²) in [5.41, 5.74) is -0.213. The summed E-state index contributed by atoms with van der Waals surface area (Å²) < 4.78 is 0. The molecular formula is C20H22N4O6. The van der Waals surface area contributed by atoms with Crippen LogP contribution in [0.15, 0.2) is 48.5 Å². The number of rotatable bonds is 7. The number of benzene rings is 2. The first kappa shape index (κ1) is 22.5. The Hall–Kier alpha value is -3.76. The molecule has 0 saturated heterocycles. The molecule has 2 aromatic carbocycles.